The maximum Gasteiger partial charge on any atom is 0.0955 e. The Morgan fingerprint density at radius 3 is 2.62 bits per heavy atom. The number of nitrogens with one attached hydrogen (secondary N) is 1. The third-order valence-electron chi connectivity index (χ3n) is 7.33. The van der Waals surface area contributed by atoms with Gasteiger partial charge in [-0.15, -0.1) is 0 Å². The van der Waals surface area contributed by atoms with Crippen molar-refractivity contribution >= 4 is 21.9 Å². The minimum absolute atomic E-state index is 0.445. The number of hydrogen-bond acceptors (Lipinski definition) is 2. The lowest BCUT2D eigenvalue weighted by Crippen LogP contribution is -2.33. The number of nitrogens with zero attached hydrogens (tertiary/aromatic N) is 3. The molecule has 0 amide bonds. The van der Waals surface area contributed by atoms with E-state index in [0.29, 0.717) is 11.8 Å². The van der Waals surface area contributed by atoms with Crippen molar-refractivity contribution in [3.8, 4) is 11.3 Å². The molecule has 1 aliphatic rings. The highest BCUT2D eigenvalue weighted by Gasteiger charge is 2.23. The molecule has 4 nitrogen and oxygen atoms in total. The van der Waals surface area contributed by atoms with Gasteiger partial charge in [0.2, 0.25) is 0 Å². The third-order valence-corrected chi connectivity index (χ3v) is 7.33. The van der Waals surface area contributed by atoms with Crippen molar-refractivity contribution in [2.24, 2.45) is 7.05 Å². The molecule has 4 heteroatoms. The van der Waals surface area contributed by atoms with Crippen LogP contribution < -0.4 is 0 Å². The molecule has 0 spiro atoms. The highest BCUT2D eigenvalue weighted by molar-refractivity contribution is 5.94. The van der Waals surface area contributed by atoms with Crippen molar-refractivity contribution in [3.05, 3.63) is 53.3 Å². The summed E-state index contributed by atoms with van der Waals surface area (Å²) in [5.74, 6) is 1.12. The van der Waals surface area contributed by atoms with Crippen LogP contribution in [0.15, 0.2) is 36.7 Å². The minimum Gasteiger partial charge on any atom is -0.354 e. The topological polar surface area (TPSA) is 36.9 Å². The smallest absolute Gasteiger partial charge is 0.0955 e. The molecule has 0 atom stereocenters. The van der Waals surface area contributed by atoms with Gasteiger partial charge in [-0.2, -0.15) is 0 Å². The van der Waals surface area contributed by atoms with Crippen LogP contribution in [0.2, 0.25) is 0 Å². The minimum atomic E-state index is 0.445. The lowest BCUT2D eigenvalue weighted by atomic mass is 9.87. The average Bonchev–Trinajstić information content (AvgIpc) is 3.35. The summed E-state index contributed by atoms with van der Waals surface area (Å²) in [6.07, 6.45) is 5.71. The molecule has 1 saturated heterocycles. The van der Waals surface area contributed by atoms with Crippen LogP contribution in [0.5, 0.6) is 0 Å². The van der Waals surface area contributed by atoms with Gasteiger partial charge in [-0.3, -0.25) is 0 Å². The van der Waals surface area contributed by atoms with Gasteiger partial charge in [0.1, 0.15) is 0 Å². The Labute approximate surface area is 191 Å². The number of hydrogen-bond donors (Lipinski definition) is 1. The zero-order valence-corrected chi connectivity index (χ0v) is 20.2. The maximum atomic E-state index is 4.63. The number of piperidine rings is 1. The van der Waals surface area contributed by atoms with Gasteiger partial charge in [0.15, 0.2) is 0 Å². The Morgan fingerprint density at radius 1 is 1.12 bits per heavy atom. The molecule has 0 radical (unpaired) electrons. The molecular weight excluding hydrogens is 392 g/mol. The molecule has 0 bridgehead atoms. The van der Waals surface area contributed by atoms with E-state index in [4.69, 9.17) is 0 Å². The molecule has 168 valence electrons. The van der Waals surface area contributed by atoms with E-state index in [1.54, 1.807) is 0 Å². The fourth-order valence-corrected chi connectivity index (χ4v) is 5.79. The largest absolute Gasteiger partial charge is 0.354 e. The van der Waals surface area contributed by atoms with E-state index >= 15 is 0 Å². The van der Waals surface area contributed by atoms with Gasteiger partial charge < -0.3 is 14.5 Å². The highest BCUT2D eigenvalue weighted by Crippen LogP contribution is 2.39. The van der Waals surface area contributed by atoms with Crippen LogP contribution in [0.3, 0.4) is 0 Å². The number of aryl methyl sites for hydroxylation is 2. The first-order valence-corrected chi connectivity index (χ1v) is 12.3. The normalized spacial score (nSPS) is 16.1. The molecule has 4 aromatic rings. The molecule has 32 heavy (non-hydrogen) atoms. The Morgan fingerprint density at radius 2 is 1.91 bits per heavy atom. The molecule has 5 rings (SSSR count). The van der Waals surface area contributed by atoms with E-state index in [9.17, 15) is 0 Å². The van der Waals surface area contributed by atoms with Crippen molar-refractivity contribution in [3.63, 3.8) is 0 Å². The summed E-state index contributed by atoms with van der Waals surface area (Å²) in [7, 11) is 2.07. The van der Waals surface area contributed by atoms with E-state index < -0.39 is 0 Å². The van der Waals surface area contributed by atoms with Gasteiger partial charge >= 0.3 is 0 Å². The van der Waals surface area contributed by atoms with Gasteiger partial charge in [0.25, 0.3) is 0 Å². The van der Waals surface area contributed by atoms with E-state index in [-0.39, 0.29) is 0 Å². The van der Waals surface area contributed by atoms with Gasteiger partial charge in [0.05, 0.1) is 23.1 Å². The van der Waals surface area contributed by atoms with Gasteiger partial charge in [0, 0.05) is 23.5 Å². The Kier molecular flexibility index (Phi) is 5.58. The summed E-state index contributed by atoms with van der Waals surface area (Å²) in [6, 6.07) is 11.7. The number of aromatic amines is 1. The number of rotatable bonds is 5. The summed E-state index contributed by atoms with van der Waals surface area (Å²) in [6.45, 7) is 12.8. The monoisotopic (exact) mass is 428 g/mol. The van der Waals surface area contributed by atoms with E-state index in [1.165, 1.54) is 83.3 Å². The summed E-state index contributed by atoms with van der Waals surface area (Å²) in [5.41, 5.74) is 10.2. The van der Waals surface area contributed by atoms with E-state index in [1.807, 2.05) is 6.33 Å². The first-order chi connectivity index (χ1) is 15.5. The molecule has 2 aromatic carbocycles. The molecule has 0 unspecified atom stereocenters. The van der Waals surface area contributed by atoms with Crippen LogP contribution in [-0.4, -0.2) is 39.1 Å². The summed E-state index contributed by atoms with van der Waals surface area (Å²) < 4.78 is 2.11. The molecule has 0 aliphatic carbocycles. The van der Waals surface area contributed by atoms with Crippen molar-refractivity contribution in [1.29, 1.82) is 0 Å². The predicted molar refractivity (Wildman–Crippen MR) is 136 cm³/mol. The number of benzene rings is 2. The van der Waals surface area contributed by atoms with Crippen LogP contribution in [0, 0.1) is 6.92 Å². The summed E-state index contributed by atoms with van der Waals surface area (Å²) in [5, 5.41) is 1.39. The van der Waals surface area contributed by atoms with Crippen LogP contribution in [-0.2, 0) is 7.05 Å². The molecule has 1 N–H and O–H groups in total. The van der Waals surface area contributed by atoms with Crippen LogP contribution in [0.25, 0.3) is 33.2 Å². The lowest BCUT2D eigenvalue weighted by molar-refractivity contribution is 0.213. The molecule has 2 aromatic heterocycles. The van der Waals surface area contributed by atoms with Crippen molar-refractivity contribution in [2.75, 3.05) is 19.6 Å². The van der Waals surface area contributed by atoms with Gasteiger partial charge in [-0.05, 0) is 98.6 Å². The predicted octanol–water partition coefficient (Wildman–Crippen LogP) is 6.74. The first-order valence-electron chi connectivity index (χ1n) is 12.3. The van der Waals surface area contributed by atoms with Crippen molar-refractivity contribution < 1.29 is 0 Å². The second-order valence-corrected chi connectivity index (χ2v) is 10.0. The zero-order chi connectivity index (χ0) is 22.4. The molecule has 1 fully saturated rings. The third kappa shape index (κ3) is 3.65. The molecular formula is C28H36N4. The summed E-state index contributed by atoms with van der Waals surface area (Å²) >= 11 is 0. The fourth-order valence-electron chi connectivity index (χ4n) is 5.79. The Balaban J connectivity index is 1.56. The second kappa shape index (κ2) is 8.40. The lowest BCUT2D eigenvalue weighted by Gasteiger charge is -2.32. The van der Waals surface area contributed by atoms with Crippen molar-refractivity contribution in [1.82, 2.24) is 19.4 Å². The maximum absolute atomic E-state index is 4.63. The second-order valence-electron chi connectivity index (χ2n) is 10.0. The number of imidazole rings is 1. The Hall–Kier alpha value is -2.59. The fraction of sp³-hybridized carbons (Fsp3) is 0.464. The zero-order valence-electron chi connectivity index (χ0n) is 20.2. The van der Waals surface area contributed by atoms with Gasteiger partial charge in [-0.25, -0.2) is 4.98 Å². The summed E-state index contributed by atoms with van der Waals surface area (Å²) in [4.78, 5) is 11.0. The highest BCUT2D eigenvalue weighted by atomic mass is 15.1. The average molecular weight is 429 g/mol. The Bertz CT molecular complexity index is 1250. The van der Waals surface area contributed by atoms with Gasteiger partial charge in [-0.1, -0.05) is 26.8 Å². The number of likely N-dealkylation sites (tertiary alicyclic amines) is 1. The van der Waals surface area contributed by atoms with Crippen LogP contribution in [0.1, 0.15) is 68.6 Å². The van der Waals surface area contributed by atoms with E-state index in [0.717, 1.165) is 5.52 Å². The molecule has 0 saturated carbocycles. The van der Waals surface area contributed by atoms with Crippen LogP contribution in [0.4, 0.5) is 0 Å². The number of fused-ring (bicyclic) bond motifs is 2. The quantitative estimate of drug-likeness (QED) is 0.382. The SMILES string of the molecule is CCCN1CCC(c2ccc3[nH]c(-c4cc(C)c5c(c4)ncn5C)c(C(C)C)c3c2)CC1. The number of aromatic nitrogens is 3. The molecule has 3 heterocycles. The first kappa shape index (κ1) is 21.3. The molecule has 1 aliphatic heterocycles. The van der Waals surface area contributed by atoms with E-state index in [2.05, 4.69) is 84.5 Å². The van der Waals surface area contributed by atoms with Crippen molar-refractivity contribution in [2.45, 2.75) is 58.8 Å². The number of H-pyrrole nitrogens is 1. The van der Waals surface area contributed by atoms with Crippen LogP contribution >= 0.6 is 0 Å². The standard InChI is InChI=1S/C28H36N4/c1-6-11-32-12-9-20(10-13-32)21-7-8-24-23(15-21)26(18(2)3)27(30-24)22-14-19(4)28-25(16-22)29-17-31(28)5/h7-8,14-18,20,30H,6,9-13H2,1-5H3.